The molecule has 0 N–H and O–H groups in total. The third-order valence-corrected chi connectivity index (χ3v) is 10.6. The molecule has 0 bridgehead atoms. The highest BCUT2D eigenvalue weighted by atomic mass is 16.6. The van der Waals surface area contributed by atoms with Gasteiger partial charge in [0.05, 0.1) is 0 Å². The molecule has 370 valence electrons. The second-order valence-corrected chi connectivity index (χ2v) is 16.9. The maximum atomic E-state index is 12.8. The van der Waals surface area contributed by atoms with Crippen molar-refractivity contribution < 1.29 is 28.6 Å². The fraction of sp³-hybridized carbons (Fsp3) is 0.583. The summed E-state index contributed by atoms with van der Waals surface area (Å²) in [5.74, 6) is -0.980. The zero-order valence-corrected chi connectivity index (χ0v) is 42.1. The molecule has 0 heterocycles. The summed E-state index contributed by atoms with van der Waals surface area (Å²) in [5, 5.41) is 0. The summed E-state index contributed by atoms with van der Waals surface area (Å²) in [5.41, 5.74) is 0. The third-order valence-electron chi connectivity index (χ3n) is 10.6. The molecule has 0 aromatic carbocycles. The summed E-state index contributed by atoms with van der Waals surface area (Å²) in [6.45, 7) is 6.33. The molecule has 0 spiro atoms. The van der Waals surface area contributed by atoms with E-state index in [4.69, 9.17) is 14.2 Å². The summed E-state index contributed by atoms with van der Waals surface area (Å²) in [4.78, 5) is 38.0. The van der Waals surface area contributed by atoms with Crippen LogP contribution >= 0.6 is 0 Å². The minimum Gasteiger partial charge on any atom is -0.462 e. The summed E-state index contributed by atoms with van der Waals surface area (Å²) < 4.78 is 16.8. The highest BCUT2D eigenvalue weighted by Crippen LogP contribution is 2.13. The van der Waals surface area contributed by atoms with Crippen LogP contribution in [0.5, 0.6) is 0 Å². The van der Waals surface area contributed by atoms with Gasteiger partial charge in [0.15, 0.2) is 6.10 Å². The number of esters is 3. The SMILES string of the molecule is CC/C=C\C/C=C\CCCCCCCC(=O)OCC(COC(=O)CCCCCCC\C=C/C=C\C=C/C=C\C=C/CCC)OC(=O)CCCCCCC\C=C/C=C\C=C/C=C\CCCCC. The Balaban J connectivity index is 4.53. The fourth-order valence-corrected chi connectivity index (χ4v) is 6.64. The summed E-state index contributed by atoms with van der Waals surface area (Å²) in [7, 11) is 0. The highest BCUT2D eigenvalue weighted by molar-refractivity contribution is 5.71. The Morgan fingerprint density at radius 1 is 0.333 bits per heavy atom. The molecule has 1 unspecified atom stereocenters. The van der Waals surface area contributed by atoms with Crippen molar-refractivity contribution in [2.45, 2.75) is 213 Å². The lowest BCUT2D eigenvalue weighted by atomic mass is 10.1. The molecule has 6 heteroatoms. The van der Waals surface area contributed by atoms with Gasteiger partial charge < -0.3 is 14.2 Å². The van der Waals surface area contributed by atoms with Crippen LogP contribution in [0.3, 0.4) is 0 Å². The van der Waals surface area contributed by atoms with E-state index in [0.29, 0.717) is 12.8 Å². The van der Waals surface area contributed by atoms with Crippen LogP contribution in [0.25, 0.3) is 0 Å². The molecule has 0 aliphatic carbocycles. The van der Waals surface area contributed by atoms with Crippen LogP contribution in [0.15, 0.2) is 134 Å². The van der Waals surface area contributed by atoms with E-state index in [2.05, 4.69) is 118 Å². The molecule has 0 radical (unpaired) electrons. The number of allylic oxidation sites excluding steroid dienone is 22. The second kappa shape index (κ2) is 53.2. The quantitative estimate of drug-likeness (QED) is 0.0199. The Morgan fingerprint density at radius 3 is 1.11 bits per heavy atom. The van der Waals surface area contributed by atoms with Gasteiger partial charge in [-0.2, -0.15) is 0 Å². The number of ether oxygens (including phenoxy) is 3. The van der Waals surface area contributed by atoms with Gasteiger partial charge in [-0.15, -0.1) is 0 Å². The Bertz CT molecular complexity index is 1460. The molecule has 0 amide bonds. The van der Waals surface area contributed by atoms with Crippen molar-refractivity contribution in [2.24, 2.45) is 0 Å². The average Bonchev–Trinajstić information content (AvgIpc) is 3.31. The maximum Gasteiger partial charge on any atom is 0.306 e. The van der Waals surface area contributed by atoms with E-state index in [9.17, 15) is 14.4 Å². The molecule has 0 aliphatic rings. The number of unbranched alkanes of at least 4 members (excludes halogenated alkanes) is 19. The molecule has 1 atom stereocenters. The molecule has 0 saturated heterocycles. The standard InChI is InChI=1S/C60H94O6/c1-4-7-10-13-16-19-22-25-27-29-31-33-35-38-41-44-47-50-53-59(62)65-56-57(55-64-58(61)52-49-46-43-40-37-24-21-18-15-12-9-6-3)66-60(63)54-51-48-45-42-39-36-34-32-30-28-26-23-20-17-14-11-8-5-2/h9-10,12-13,16-23,25-34,57H,4-8,11,14-15,24,35-56H2,1-3H3/b12-9-,13-10-,19-16-,20-17-,21-18-,25-22-,26-23-,29-27-,30-28-,33-31-,34-32-. The molecule has 0 aromatic heterocycles. The predicted molar refractivity (Wildman–Crippen MR) is 283 cm³/mol. The van der Waals surface area contributed by atoms with Gasteiger partial charge in [0.1, 0.15) is 13.2 Å². The van der Waals surface area contributed by atoms with Crippen molar-refractivity contribution in [1.82, 2.24) is 0 Å². The topological polar surface area (TPSA) is 78.9 Å². The summed E-state index contributed by atoms with van der Waals surface area (Å²) in [6, 6.07) is 0. The summed E-state index contributed by atoms with van der Waals surface area (Å²) in [6.07, 6.45) is 74.2. The first-order valence-electron chi connectivity index (χ1n) is 26.3. The molecule has 0 rings (SSSR count). The van der Waals surface area contributed by atoms with Gasteiger partial charge in [-0.3, -0.25) is 14.4 Å². The van der Waals surface area contributed by atoms with E-state index in [-0.39, 0.29) is 37.5 Å². The number of carbonyl (C=O) groups is 3. The Hall–Kier alpha value is -4.45. The van der Waals surface area contributed by atoms with E-state index < -0.39 is 6.10 Å². The van der Waals surface area contributed by atoms with Crippen LogP contribution in [0.1, 0.15) is 207 Å². The van der Waals surface area contributed by atoms with E-state index >= 15 is 0 Å². The van der Waals surface area contributed by atoms with Gasteiger partial charge in [0.2, 0.25) is 0 Å². The van der Waals surface area contributed by atoms with Crippen molar-refractivity contribution in [2.75, 3.05) is 13.2 Å². The van der Waals surface area contributed by atoms with Crippen molar-refractivity contribution in [3.63, 3.8) is 0 Å². The van der Waals surface area contributed by atoms with Crippen LogP contribution in [-0.2, 0) is 28.6 Å². The third kappa shape index (κ3) is 50.5. The molecule has 6 nitrogen and oxygen atoms in total. The molecular weight excluding hydrogens is 817 g/mol. The van der Waals surface area contributed by atoms with Crippen molar-refractivity contribution >= 4 is 17.9 Å². The molecule has 66 heavy (non-hydrogen) atoms. The van der Waals surface area contributed by atoms with Crippen molar-refractivity contribution in [3.05, 3.63) is 134 Å². The lowest BCUT2D eigenvalue weighted by Crippen LogP contribution is -2.30. The number of hydrogen-bond acceptors (Lipinski definition) is 6. The van der Waals surface area contributed by atoms with Gasteiger partial charge >= 0.3 is 17.9 Å². The fourth-order valence-electron chi connectivity index (χ4n) is 6.64. The van der Waals surface area contributed by atoms with Crippen molar-refractivity contribution in [1.29, 1.82) is 0 Å². The molecular formula is C60H94O6. The van der Waals surface area contributed by atoms with Gasteiger partial charge in [0, 0.05) is 19.3 Å². The van der Waals surface area contributed by atoms with Gasteiger partial charge in [-0.25, -0.2) is 0 Å². The molecule has 0 saturated carbocycles. The Labute approximate surface area is 405 Å². The first-order valence-corrected chi connectivity index (χ1v) is 26.3. The van der Waals surface area contributed by atoms with Crippen LogP contribution < -0.4 is 0 Å². The minimum atomic E-state index is -0.812. The van der Waals surface area contributed by atoms with Gasteiger partial charge in [-0.05, 0) is 89.9 Å². The van der Waals surface area contributed by atoms with Crippen LogP contribution in [0.2, 0.25) is 0 Å². The number of hydrogen-bond donors (Lipinski definition) is 0. The van der Waals surface area contributed by atoms with Gasteiger partial charge in [0.25, 0.3) is 0 Å². The van der Waals surface area contributed by atoms with Crippen molar-refractivity contribution in [3.8, 4) is 0 Å². The minimum absolute atomic E-state index is 0.109. The van der Waals surface area contributed by atoms with Crippen LogP contribution in [-0.4, -0.2) is 37.2 Å². The average molecular weight is 911 g/mol. The molecule has 0 fully saturated rings. The lowest BCUT2D eigenvalue weighted by molar-refractivity contribution is -0.167. The van der Waals surface area contributed by atoms with Crippen LogP contribution in [0.4, 0.5) is 0 Å². The van der Waals surface area contributed by atoms with Gasteiger partial charge in [-0.1, -0.05) is 231 Å². The van der Waals surface area contributed by atoms with Crippen LogP contribution in [0, 0.1) is 0 Å². The molecule has 0 aliphatic heterocycles. The smallest absolute Gasteiger partial charge is 0.306 e. The van der Waals surface area contributed by atoms with E-state index in [1.165, 1.54) is 25.7 Å². The Morgan fingerprint density at radius 2 is 0.682 bits per heavy atom. The van der Waals surface area contributed by atoms with E-state index in [0.717, 1.165) is 141 Å². The normalized spacial score (nSPS) is 13.2. The monoisotopic (exact) mass is 911 g/mol. The maximum absolute atomic E-state index is 12.8. The molecule has 0 aromatic rings. The first-order chi connectivity index (χ1) is 32.5. The van der Waals surface area contributed by atoms with E-state index in [1.54, 1.807) is 0 Å². The van der Waals surface area contributed by atoms with E-state index in [1.807, 2.05) is 36.5 Å². The summed E-state index contributed by atoms with van der Waals surface area (Å²) >= 11 is 0. The largest absolute Gasteiger partial charge is 0.462 e. The Kier molecular flexibility index (Phi) is 49.6. The number of rotatable bonds is 45. The first kappa shape index (κ1) is 61.5. The second-order valence-electron chi connectivity index (χ2n) is 16.9. The zero-order chi connectivity index (χ0) is 47.9. The highest BCUT2D eigenvalue weighted by Gasteiger charge is 2.19. The lowest BCUT2D eigenvalue weighted by Gasteiger charge is -2.18. The predicted octanol–water partition coefficient (Wildman–Crippen LogP) is 17.5. The zero-order valence-electron chi connectivity index (χ0n) is 42.1. The number of carbonyl (C=O) groups excluding carboxylic acids is 3.